The van der Waals surface area contributed by atoms with Crippen LogP contribution < -0.4 is 15.1 Å². The Bertz CT molecular complexity index is 2410. The van der Waals surface area contributed by atoms with Gasteiger partial charge in [-0.2, -0.15) is 0 Å². The van der Waals surface area contributed by atoms with Crippen molar-refractivity contribution in [3.05, 3.63) is 105 Å². The van der Waals surface area contributed by atoms with Gasteiger partial charge in [-0.25, -0.2) is 9.97 Å². The van der Waals surface area contributed by atoms with E-state index in [0.29, 0.717) is 12.8 Å². The maximum Gasteiger partial charge on any atom is 0.234 e. The lowest BCUT2D eigenvalue weighted by Crippen LogP contribution is -2.49. The summed E-state index contributed by atoms with van der Waals surface area (Å²) in [6.07, 6.45) is 8.01. The number of piperidine rings is 3. The molecule has 5 aliphatic rings. The maximum absolute atomic E-state index is 12.4. The van der Waals surface area contributed by atoms with Gasteiger partial charge in [0, 0.05) is 127 Å². The van der Waals surface area contributed by atoms with Crippen LogP contribution in [0.5, 0.6) is 0 Å². The van der Waals surface area contributed by atoms with Gasteiger partial charge in [-0.05, 0) is 107 Å². The lowest BCUT2D eigenvalue weighted by Gasteiger charge is -2.41. The largest absolute Gasteiger partial charge is 0.372 e. The van der Waals surface area contributed by atoms with Crippen molar-refractivity contribution in [1.29, 1.82) is 0 Å². The molecule has 12 nitrogen and oxygen atoms in total. The second-order valence-electron chi connectivity index (χ2n) is 19.2. The van der Waals surface area contributed by atoms with E-state index in [1.807, 2.05) is 18.3 Å². The van der Waals surface area contributed by atoms with Gasteiger partial charge in [0.2, 0.25) is 11.8 Å². The average Bonchev–Trinajstić information content (AvgIpc) is 3.76. The van der Waals surface area contributed by atoms with E-state index in [0.717, 1.165) is 134 Å². The Morgan fingerprint density at radius 1 is 0.662 bits per heavy atom. The van der Waals surface area contributed by atoms with Crippen LogP contribution in [0.1, 0.15) is 61.1 Å². The van der Waals surface area contributed by atoms with Crippen LogP contribution in [0.2, 0.25) is 5.02 Å². The van der Waals surface area contributed by atoms with Gasteiger partial charge in [-0.1, -0.05) is 60.1 Å². The Balaban J connectivity index is 0.654. The van der Waals surface area contributed by atoms with E-state index in [-0.39, 0.29) is 17.7 Å². The molecule has 5 aromatic rings. The number of halogens is 2. The van der Waals surface area contributed by atoms with Gasteiger partial charge in [0.05, 0.1) is 16.1 Å². The molecular formula is C51H62BrClN10O2. The number of anilines is 2. The van der Waals surface area contributed by atoms with Gasteiger partial charge in [-0.3, -0.25) is 24.7 Å². The van der Waals surface area contributed by atoms with Gasteiger partial charge < -0.3 is 24.6 Å². The van der Waals surface area contributed by atoms with Crippen LogP contribution in [0.3, 0.4) is 0 Å². The average molecular weight is 962 g/mol. The Morgan fingerprint density at radius 2 is 1.31 bits per heavy atom. The highest BCUT2D eigenvalue weighted by molar-refractivity contribution is 9.10. The zero-order chi connectivity index (χ0) is 44.3. The van der Waals surface area contributed by atoms with Crippen LogP contribution in [0.25, 0.3) is 22.6 Å². The molecule has 7 heterocycles. The first-order valence-electron chi connectivity index (χ1n) is 24.0. The van der Waals surface area contributed by atoms with Crippen molar-refractivity contribution < 1.29 is 9.59 Å². The lowest BCUT2D eigenvalue weighted by molar-refractivity contribution is -0.134. The molecule has 2 N–H and O–H groups in total. The van der Waals surface area contributed by atoms with Crippen molar-refractivity contribution in [2.75, 3.05) is 101 Å². The molecule has 5 saturated heterocycles. The normalized spacial score (nSPS) is 22.5. The van der Waals surface area contributed by atoms with E-state index in [9.17, 15) is 9.59 Å². The summed E-state index contributed by atoms with van der Waals surface area (Å²) < 4.78 is 0.988. The highest BCUT2D eigenvalue weighted by atomic mass is 79.9. The molecule has 5 aliphatic heterocycles. The number of carbonyl (C=O) groups is 2. The third-order valence-corrected chi connectivity index (χ3v) is 15.5. The number of aromatic amines is 1. The van der Waals surface area contributed by atoms with Crippen LogP contribution in [0.4, 0.5) is 11.4 Å². The number of aromatic nitrogens is 3. The number of pyridine rings is 1. The number of carbonyl (C=O) groups excluding carboxylic acids is 2. The summed E-state index contributed by atoms with van der Waals surface area (Å²) in [5.41, 5.74) is 8.82. The van der Waals surface area contributed by atoms with Crippen molar-refractivity contribution >= 4 is 61.9 Å². The van der Waals surface area contributed by atoms with Crippen molar-refractivity contribution in [3.8, 4) is 11.4 Å². The van der Waals surface area contributed by atoms with E-state index >= 15 is 0 Å². The highest BCUT2D eigenvalue weighted by Gasteiger charge is 2.30. The Labute approximate surface area is 396 Å². The summed E-state index contributed by atoms with van der Waals surface area (Å²) in [6.45, 7) is 17.3. The van der Waals surface area contributed by atoms with Crippen molar-refractivity contribution in [2.45, 2.75) is 57.5 Å². The van der Waals surface area contributed by atoms with Crippen LogP contribution in [-0.4, -0.2) is 138 Å². The molecule has 3 aromatic carbocycles. The molecule has 0 saturated carbocycles. The minimum Gasteiger partial charge on any atom is -0.372 e. The fraction of sp³-hybridized carbons (Fsp3) is 0.490. The van der Waals surface area contributed by atoms with E-state index in [4.69, 9.17) is 16.6 Å². The van der Waals surface area contributed by atoms with Gasteiger partial charge in [0.1, 0.15) is 11.3 Å². The number of H-pyrrole nitrogens is 1. The van der Waals surface area contributed by atoms with Gasteiger partial charge in [-0.15, -0.1) is 0 Å². The summed E-state index contributed by atoms with van der Waals surface area (Å²) in [7, 11) is 0. The van der Waals surface area contributed by atoms with Crippen LogP contribution in [0, 0.1) is 11.8 Å². The van der Waals surface area contributed by atoms with Crippen molar-refractivity contribution in [3.63, 3.8) is 0 Å². The smallest absolute Gasteiger partial charge is 0.234 e. The zero-order valence-corrected chi connectivity index (χ0v) is 39.8. The quantitative estimate of drug-likeness (QED) is 0.121. The van der Waals surface area contributed by atoms with Crippen LogP contribution in [-0.2, 0) is 22.7 Å². The lowest BCUT2D eigenvalue weighted by atomic mass is 9.90. The topological polar surface area (TPSA) is 107 Å². The molecule has 2 amide bonds. The molecule has 65 heavy (non-hydrogen) atoms. The number of hydrogen-bond acceptors (Lipinski definition) is 10. The monoisotopic (exact) mass is 960 g/mol. The fourth-order valence-corrected chi connectivity index (χ4v) is 11.7. The van der Waals surface area contributed by atoms with E-state index in [1.54, 1.807) is 0 Å². The highest BCUT2D eigenvalue weighted by Crippen LogP contribution is 2.35. The summed E-state index contributed by atoms with van der Waals surface area (Å²) >= 11 is 9.93. The molecule has 14 heteroatoms. The molecule has 5 fully saturated rings. The minimum absolute atomic E-state index is 0.161. The summed E-state index contributed by atoms with van der Waals surface area (Å²) in [4.78, 5) is 52.8. The van der Waals surface area contributed by atoms with E-state index in [2.05, 4.69) is 121 Å². The van der Waals surface area contributed by atoms with Gasteiger partial charge in [0.25, 0.3) is 0 Å². The number of hydrogen-bond donors (Lipinski definition) is 2. The van der Waals surface area contributed by atoms with Gasteiger partial charge in [0.15, 0.2) is 5.65 Å². The second kappa shape index (κ2) is 20.2. The number of nitrogens with one attached hydrogen (secondary N) is 2. The molecule has 1 unspecified atom stereocenters. The number of fused-ring (bicyclic) bond motifs is 1. The number of nitrogens with zero attached hydrogens (tertiary/aromatic N) is 8. The summed E-state index contributed by atoms with van der Waals surface area (Å²) in [5, 5.41) is 3.27. The molecular weight excluding hydrogens is 900 g/mol. The fourth-order valence-electron chi connectivity index (χ4n) is 11.0. The zero-order valence-electron chi connectivity index (χ0n) is 37.4. The minimum atomic E-state index is -0.222. The molecule has 0 radical (unpaired) electrons. The SMILES string of the molecule is O=C1CC[C@H](c2ccc(N3CCC(CN4CCCC(CN5CCN(Cc6ccc(-c7nc8ncc(Br)c(N9CCN(Cc%10ccc(Cl)cc%10)CC9)c8[nH]7)cc6)CC5)C4)CC3)cc2)C(=O)N1. The third kappa shape index (κ3) is 10.8. The van der Waals surface area contributed by atoms with E-state index < -0.39 is 0 Å². The molecule has 2 aromatic heterocycles. The van der Waals surface area contributed by atoms with Crippen LogP contribution >= 0.6 is 27.5 Å². The third-order valence-electron chi connectivity index (χ3n) is 14.7. The maximum atomic E-state index is 12.4. The van der Waals surface area contributed by atoms with Gasteiger partial charge >= 0.3 is 0 Å². The first-order valence-corrected chi connectivity index (χ1v) is 25.1. The van der Waals surface area contributed by atoms with Crippen molar-refractivity contribution in [2.24, 2.45) is 11.8 Å². The predicted octanol–water partition coefficient (Wildman–Crippen LogP) is 7.63. The number of rotatable bonds is 12. The number of piperazine rings is 2. The summed E-state index contributed by atoms with van der Waals surface area (Å²) in [6, 6.07) is 25.6. The molecule has 0 aliphatic carbocycles. The number of likely N-dealkylation sites (tertiary alicyclic amines) is 1. The first kappa shape index (κ1) is 44.5. The molecule has 2 atom stereocenters. The van der Waals surface area contributed by atoms with Crippen molar-refractivity contribution in [1.82, 2.24) is 39.9 Å². The Kier molecular flexibility index (Phi) is 13.8. The molecule has 0 spiro atoms. The number of amides is 2. The number of imide groups is 1. The first-order chi connectivity index (χ1) is 31.8. The molecule has 10 rings (SSSR count). The standard InChI is InChI=1S/C51H62BrClN10O2/c52-45-30-54-50-47(48(45)63-28-26-60(27-29-63)32-37-5-11-42(53)12-6-37)56-49(57-50)41-7-3-36(4-8-41)31-58-22-24-59(25-23-58)34-39-2-1-19-61(35-39)33-38-17-20-62(21-18-38)43-13-9-40(10-14-43)44-15-16-46(64)55-51(44)65/h3-14,30,38-39,44H,1-2,15-29,31-35H2,(H,54,56,57)(H,55,64,65)/t39?,44-/m1/s1. The van der Waals surface area contributed by atoms with E-state index in [1.165, 1.54) is 68.7 Å². The molecule has 0 bridgehead atoms. The van der Waals surface area contributed by atoms with Crippen LogP contribution in [0.15, 0.2) is 83.5 Å². The number of imidazole rings is 1. The Morgan fingerprint density at radius 3 is 2.00 bits per heavy atom. The Hall–Kier alpha value is -4.37. The predicted molar refractivity (Wildman–Crippen MR) is 263 cm³/mol. The summed E-state index contributed by atoms with van der Waals surface area (Å²) in [5.74, 6) is 1.81. The molecule has 342 valence electrons. The second-order valence-corrected chi connectivity index (χ2v) is 20.5. The number of benzene rings is 3.